The van der Waals surface area contributed by atoms with Crippen LogP contribution in [0.2, 0.25) is 0 Å². The van der Waals surface area contributed by atoms with E-state index in [2.05, 4.69) is 11.4 Å². The molecule has 2 saturated carbocycles. The van der Waals surface area contributed by atoms with Gasteiger partial charge in [-0.25, -0.2) is 0 Å². The van der Waals surface area contributed by atoms with Gasteiger partial charge in [0.2, 0.25) is 5.91 Å². The van der Waals surface area contributed by atoms with Crippen LogP contribution in [0, 0.1) is 17.8 Å². The summed E-state index contributed by atoms with van der Waals surface area (Å²) < 4.78 is 5.14. The Kier molecular flexibility index (Phi) is 5.11. The summed E-state index contributed by atoms with van der Waals surface area (Å²) in [5.74, 6) is 0.774. The number of hydrogen-bond donors (Lipinski definition) is 1. The minimum atomic E-state index is 0.00478. The van der Waals surface area contributed by atoms with E-state index in [1.807, 2.05) is 18.2 Å². The van der Waals surface area contributed by atoms with Crippen LogP contribution in [-0.4, -0.2) is 18.8 Å². The van der Waals surface area contributed by atoms with Gasteiger partial charge >= 0.3 is 0 Å². The number of fused-ring (bicyclic) bond motifs is 2. The number of benzene rings is 1. The lowest BCUT2D eigenvalue weighted by molar-refractivity contribution is -0.137. The number of rotatable bonds is 5. The molecule has 23 heavy (non-hydrogen) atoms. The molecule has 0 saturated heterocycles. The van der Waals surface area contributed by atoms with Gasteiger partial charge < -0.3 is 10.1 Å². The molecule has 4 heteroatoms. The number of amides is 1. The summed E-state index contributed by atoms with van der Waals surface area (Å²) in [5.41, 5.74) is 2.19. The van der Waals surface area contributed by atoms with Gasteiger partial charge in [0.05, 0.1) is 6.61 Å². The molecule has 3 rings (SSSR count). The topological polar surface area (TPSA) is 55.4 Å². The maximum absolute atomic E-state index is 12.5. The van der Waals surface area contributed by atoms with Crippen molar-refractivity contribution in [2.24, 2.45) is 17.8 Å². The number of methoxy groups -OCH3 is 1. The summed E-state index contributed by atoms with van der Waals surface area (Å²) >= 11 is 0. The van der Waals surface area contributed by atoms with Crippen LogP contribution in [0.15, 0.2) is 24.3 Å². The summed E-state index contributed by atoms with van der Waals surface area (Å²) in [7, 11) is 1.68. The Labute approximate surface area is 137 Å². The second-order valence-corrected chi connectivity index (χ2v) is 6.87. The van der Waals surface area contributed by atoms with Crippen molar-refractivity contribution >= 4 is 11.7 Å². The average Bonchev–Trinajstić information content (AvgIpc) is 2.53. The molecule has 2 aliphatic carbocycles. The molecule has 2 atom stereocenters. The molecule has 1 amide bonds. The second kappa shape index (κ2) is 7.26. The molecule has 0 aromatic heterocycles. The van der Waals surface area contributed by atoms with E-state index in [1.165, 1.54) is 0 Å². The molecule has 4 nitrogen and oxygen atoms in total. The lowest BCUT2D eigenvalue weighted by atomic mass is 9.67. The Bertz CT molecular complexity index is 568. The Morgan fingerprint density at radius 2 is 1.91 bits per heavy atom. The van der Waals surface area contributed by atoms with Gasteiger partial charge in [-0.1, -0.05) is 30.7 Å². The molecule has 1 aromatic rings. The highest BCUT2D eigenvalue weighted by molar-refractivity contribution is 5.88. The van der Waals surface area contributed by atoms with Gasteiger partial charge in [-0.15, -0.1) is 0 Å². The molecule has 0 radical (unpaired) electrons. The highest BCUT2D eigenvalue weighted by Crippen LogP contribution is 2.40. The second-order valence-electron chi connectivity index (χ2n) is 6.87. The van der Waals surface area contributed by atoms with Crippen LogP contribution >= 0.6 is 0 Å². The smallest absolute Gasteiger partial charge is 0.223 e. The molecule has 2 aliphatic rings. The maximum atomic E-state index is 12.5. The van der Waals surface area contributed by atoms with Gasteiger partial charge in [0.1, 0.15) is 5.78 Å². The van der Waals surface area contributed by atoms with Crippen molar-refractivity contribution in [2.75, 3.05) is 7.11 Å². The standard InChI is InChI=1S/C19H25NO3/c1-23-12-14-5-2-4-13(8-14)11-20-19(22)17-9-15-6-3-7-16(10-17)18(15)21/h2,4-5,8,15-17H,3,6-7,9-12H2,1H3,(H,20,22). The van der Waals surface area contributed by atoms with Crippen molar-refractivity contribution in [1.82, 2.24) is 5.32 Å². The van der Waals surface area contributed by atoms with Crippen LogP contribution in [0.5, 0.6) is 0 Å². The van der Waals surface area contributed by atoms with E-state index in [0.717, 1.165) is 43.2 Å². The van der Waals surface area contributed by atoms with Gasteiger partial charge in [0.15, 0.2) is 0 Å². The van der Waals surface area contributed by atoms with Gasteiger partial charge in [-0.2, -0.15) is 0 Å². The van der Waals surface area contributed by atoms with E-state index < -0.39 is 0 Å². The lowest BCUT2D eigenvalue weighted by Gasteiger charge is -2.36. The van der Waals surface area contributed by atoms with Gasteiger partial charge in [0, 0.05) is 31.4 Å². The van der Waals surface area contributed by atoms with Crippen molar-refractivity contribution in [1.29, 1.82) is 0 Å². The fourth-order valence-electron chi connectivity index (χ4n) is 4.02. The zero-order valence-electron chi connectivity index (χ0n) is 13.7. The third kappa shape index (κ3) is 3.81. The van der Waals surface area contributed by atoms with Gasteiger partial charge in [0.25, 0.3) is 0 Å². The third-order valence-corrected chi connectivity index (χ3v) is 5.19. The van der Waals surface area contributed by atoms with E-state index in [4.69, 9.17) is 4.74 Å². The van der Waals surface area contributed by atoms with Crippen molar-refractivity contribution in [3.63, 3.8) is 0 Å². The van der Waals surface area contributed by atoms with Crippen LogP contribution in [0.4, 0.5) is 0 Å². The van der Waals surface area contributed by atoms with E-state index in [-0.39, 0.29) is 23.7 Å². The lowest BCUT2D eigenvalue weighted by Crippen LogP contribution is -2.42. The molecule has 0 heterocycles. The largest absolute Gasteiger partial charge is 0.380 e. The highest BCUT2D eigenvalue weighted by Gasteiger charge is 2.41. The first-order valence-electron chi connectivity index (χ1n) is 8.55. The fraction of sp³-hybridized carbons (Fsp3) is 0.579. The minimum absolute atomic E-state index is 0.00478. The van der Waals surface area contributed by atoms with E-state index in [0.29, 0.717) is 18.9 Å². The van der Waals surface area contributed by atoms with Crippen LogP contribution < -0.4 is 5.32 Å². The van der Waals surface area contributed by atoms with Crippen LogP contribution in [-0.2, 0) is 27.5 Å². The predicted molar refractivity (Wildman–Crippen MR) is 87.6 cm³/mol. The predicted octanol–water partition coefficient (Wildman–Crippen LogP) is 2.84. The van der Waals surface area contributed by atoms with Crippen LogP contribution in [0.25, 0.3) is 0 Å². The minimum Gasteiger partial charge on any atom is -0.380 e. The molecule has 2 bridgehead atoms. The molecule has 0 aliphatic heterocycles. The molecular weight excluding hydrogens is 290 g/mol. The fourth-order valence-corrected chi connectivity index (χ4v) is 4.02. The number of ketones is 1. The number of ether oxygens (including phenoxy) is 1. The van der Waals surface area contributed by atoms with E-state index >= 15 is 0 Å². The van der Waals surface area contributed by atoms with Crippen LogP contribution in [0.1, 0.15) is 43.2 Å². The quantitative estimate of drug-likeness (QED) is 0.909. The van der Waals surface area contributed by atoms with Crippen molar-refractivity contribution in [2.45, 2.75) is 45.3 Å². The normalized spacial score (nSPS) is 26.8. The molecule has 1 aromatic carbocycles. The molecule has 124 valence electrons. The van der Waals surface area contributed by atoms with E-state index in [1.54, 1.807) is 7.11 Å². The highest BCUT2D eigenvalue weighted by atomic mass is 16.5. The summed E-state index contributed by atoms with van der Waals surface area (Å²) in [5, 5.41) is 3.05. The number of hydrogen-bond acceptors (Lipinski definition) is 3. The average molecular weight is 315 g/mol. The molecule has 2 unspecified atom stereocenters. The SMILES string of the molecule is COCc1cccc(CNC(=O)C2CC3CCCC(C2)C3=O)c1. The first kappa shape index (κ1) is 16.2. The summed E-state index contributed by atoms with van der Waals surface area (Å²) in [6.07, 6.45) is 4.56. The first-order valence-corrected chi connectivity index (χ1v) is 8.55. The Hall–Kier alpha value is -1.68. The third-order valence-electron chi connectivity index (χ3n) is 5.19. The van der Waals surface area contributed by atoms with Crippen molar-refractivity contribution in [3.8, 4) is 0 Å². The van der Waals surface area contributed by atoms with E-state index in [9.17, 15) is 9.59 Å². The molecular formula is C19H25NO3. The number of Topliss-reactive ketones (excluding diaryl/α,β-unsaturated/α-hetero) is 1. The Morgan fingerprint density at radius 3 is 2.61 bits per heavy atom. The first-order chi connectivity index (χ1) is 11.2. The maximum Gasteiger partial charge on any atom is 0.223 e. The Balaban J connectivity index is 1.55. The van der Waals surface area contributed by atoms with Gasteiger partial charge in [-0.05, 0) is 36.8 Å². The number of nitrogens with one attached hydrogen (secondary N) is 1. The van der Waals surface area contributed by atoms with Crippen LogP contribution in [0.3, 0.4) is 0 Å². The summed E-state index contributed by atoms with van der Waals surface area (Å²) in [4.78, 5) is 24.6. The molecule has 2 fully saturated rings. The number of carbonyl (C=O) groups excluding carboxylic acids is 2. The monoisotopic (exact) mass is 315 g/mol. The summed E-state index contributed by atoms with van der Waals surface area (Å²) in [6.45, 7) is 1.12. The van der Waals surface area contributed by atoms with Gasteiger partial charge in [-0.3, -0.25) is 9.59 Å². The molecule has 0 spiro atoms. The Morgan fingerprint density at radius 1 is 1.22 bits per heavy atom. The van der Waals surface area contributed by atoms with Crippen molar-refractivity contribution in [3.05, 3.63) is 35.4 Å². The van der Waals surface area contributed by atoms with Crippen molar-refractivity contribution < 1.29 is 14.3 Å². The zero-order chi connectivity index (χ0) is 16.2. The number of carbonyl (C=O) groups is 2. The summed E-state index contributed by atoms with van der Waals surface area (Å²) in [6, 6.07) is 8.07. The molecule has 1 N–H and O–H groups in total. The zero-order valence-corrected chi connectivity index (χ0v) is 13.7.